The fourth-order valence-electron chi connectivity index (χ4n) is 4.22. The number of benzene rings is 2. The molecule has 0 radical (unpaired) electrons. The zero-order valence-corrected chi connectivity index (χ0v) is 19.7. The number of pyridine rings is 1. The number of amides is 1. The SMILES string of the molecule is CC(=O)c1cccc(NC(=O)CCc2c(C)nc3c(c(C)nn3-c3ccc(C)cc3)c2C)c1. The van der Waals surface area contributed by atoms with Gasteiger partial charge in [-0.3, -0.25) is 9.59 Å². The van der Waals surface area contributed by atoms with E-state index in [0.29, 0.717) is 24.1 Å². The molecule has 6 nitrogen and oxygen atoms in total. The van der Waals surface area contributed by atoms with E-state index in [4.69, 9.17) is 10.1 Å². The number of ketones is 1. The van der Waals surface area contributed by atoms with E-state index in [-0.39, 0.29) is 11.7 Å². The normalized spacial score (nSPS) is 11.1. The number of carbonyl (C=O) groups is 2. The molecule has 2 aromatic carbocycles. The van der Waals surface area contributed by atoms with E-state index in [2.05, 4.69) is 31.3 Å². The highest BCUT2D eigenvalue weighted by Crippen LogP contribution is 2.28. The fraction of sp³-hybridized carbons (Fsp3) is 0.259. The van der Waals surface area contributed by atoms with Crippen molar-refractivity contribution in [1.29, 1.82) is 0 Å². The van der Waals surface area contributed by atoms with Crippen molar-refractivity contribution in [2.45, 2.75) is 47.5 Å². The van der Waals surface area contributed by atoms with Gasteiger partial charge in [0.15, 0.2) is 11.4 Å². The number of hydrogen-bond acceptors (Lipinski definition) is 4. The molecule has 0 unspecified atom stereocenters. The van der Waals surface area contributed by atoms with Gasteiger partial charge in [0.05, 0.1) is 11.4 Å². The van der Waals surface area contributed by atoms with Gasteiger partial charge in [-0.1, -0.05) is 29.8 Å². The van der Waals surface area contributed by atoms with Crippen molar-refractivity contribution < 1.29 is 9.59 Å². The molecule has 0 saturated carbocycles. The van der Waals surface area contributed by atoms with Gasteiger partial charge in [0.25, 0.3) is 0 Å². The van der Waals surface area contributed by atoms with Crippen LogP contribution in [0.25, 0.3) is 16.7 Å². The lowest BCUT2D eigenvalue weighted by molar-refractivity contribution is -0.116. The average Bonchev–Trinajstić information content (AvgIpc) is 3.10. The van der Waals surface area contributed by atoms with Gasteiger partial charge in [0.1, 0.15) is 0 Å². The van der Waals surface area contributed by atoms with Crippen LogP contribution in [-0.4, -0.2) is 26.5 Å². The van der Waals surface area contributed by atoms with E-state index in [9.17, 15) is 9.59 Å². The molecule has 4 rings (SSSR count). The minimum absolute atomic E-state index is 0.0294. The highest BCUT2D eigenvalue weighted by atomic mass is 16.1. The Bertz CT molecular complexity index is 1370. The molecule has 0 atom stereocenters. The zero-order valence-electron chi connectivity index (χ0n) is 19.7. The Balaban J connectivity index is 1.58. The summed E-state index contributed by atoms with van der Waals surface area (Å²) < 4.78 is 1.89. The molecule has 168 valence electrons. The van der Waals surface area contributed by atoms with E-state index in [1.807, 2.05) is 30.7 Å². The molecule has 0 spiro atoms. The highest BCUT2D eigenvalue weighted by molar-refractivity contribution is 5.97. The Morgan fingerprint density at radius 2 is 1.70 bits per heavy atom. The summed E-state index contributed by atoms with van der Waals surface area (Å²) in [5.41, 5.74) is 8.22. The number of nitrogens with zero attached hydrogens (tertiary/aromatic N) is 3. The first-order valence-electron chi connectivity index (χ1n) is 11.1. The van der Waals surface area contributed by atoms with Crippen LogP contribution in [0.3, 0.4) is 0 Å². The molecule has 0 aliphatic rings. The number of aryl methyl sites for hydroxylation is 4. The third-order valence-corrected chi connectivity index (χ3v) is 6.01. The number of fused-ring (bicyclic) bond motifs is 1. The number of hydrogen-bond donors (Lipinski definition) is 1. The van der Waals surface area contributed by atoms with Crippen LogP contribution in [0, 0.1) is 27.7 Å². The maximum atomic E-state index is 12.6. The highest BCUT2D eigenvalue weighted by Gasteiger charge is 2.18. The van der Waals surface area contributed by atoms with Crippen molar-refractivity contribution in [3.8, 4) is 5.69 Å². The predicted molar refractivity (Wildman–Crippen MR) is 131 cm³/mol. The van der Waals surface area contributed by atoms with Crippen molar-refractivity contribution in [3.05, 3.63) is 82.2 Å². The third kappa shape index (κ3) is 4.55. The molecule has 0 saturated heterocycles. The Kier molecular flexibility index (Phi) is 6.09. The second kappa shape index (κ2) is 8.98. The van der Waals surface area contributed by atoms with Crippen LogP contribution >= 0.6 is 0 Å². The number of aromatic nitrogens is 3. The largest absolute Gasteiger partial charge is 0.326 e. The molecule has 1 N–H and O–H groups in total. The maximum Gasteiger partial charge on any atom is 0.224 e. The minimum atomic E-state index is -0.0957. The number of anilines is 1. The molecule has 0 bridgehead atoms. The summed E-state index contributed by atoms with van der Waals surface area (Å²) in [6, 6.07) is 15.2. The summed E-state index contributed by atoms with van der Waals surface area (Å²) >= 11 is 0. The lowest BCUT2D eigenvalue weighted by atomic mass is 9.99. The van der Waals surface area contributed by atoms with E-state index in [1.54, 1.807) is 24.3 Å². The number of nitrogens with one attached hydrogen (secondary N) is 1. The second-order valence-corrected chi connectivity index (χ2v) is 8.52. The molecular formula is C27H28N4O2. The lowest BCUT2D eigenvalue weighted by Gasteiger charge is -2.12. The Morgan fingerprint density at radius 1 is 0.970 bits per heavy atom. The molecule has 2 heterocycles. The van der Waals surface area contributed by atoms with E-state index in [1.165, 1.54) is 12.5 Å². The average molecular weight is 441 g/mol. The van der Waals surface area contributed by atoms with Crippen LogP contribution in [0.2, 0.25) is 0 Å². The fourth-order valence-corrected chi connectivity index (χ4v) is 4.22. The standard InChI is InChI=1S/C27H28N4O2/c1-16-9-11-23(12-10-16)31-27-26(19(4)30-31)17(2)24(18(3)28-27)13-14-25(33)29-22-8-6-7-21(15-22)20(5)32/h6-12,15H,13-14H2,1-5H3,(H,29,33). The predicted octanol–water partition coefficient (Wildman–Crippen LogP) is 5.43. The van der Waals surface area contributed by atoms with Gasteiger partial charge >= 0.3 is 0 Å². The molecule has 6 heteroatoms. The lowest BCUT2D eigenvalue weighted by Crippen LogP contribution is -2.14. The zero-order chi connectivity index (χ0) is 23.7. The summed E-state index contributed by atoms with van der Waals surface area (Å²) in [6.07, 6.45) is 0.901. The number of carbonyl (C=O) groups excluding carboxylic acids is 2. The van der Waals surface area contributed by atoms with Gasteiger partial charge < -0.3 is 5.32 Å². The molecule has 0 fully saturated rings. The van der Waals surface area contributed by atoms with Gasteiger partial charge in [0, 0.05) is 28.8 Å². The summed E-state index contributed by atoms with van der Waals surface area (Å²) in [7, 11) is 0. The van der Waals surface area contributed by atoms with Gasteiger partial charge in [-0.25, -0.2) is 9.67 Å². The minimum Gasteiger partial charge on any atom is -0.326 e. The molecular weight excluding hydrogens is 412 g/mol. The molecule has 2 aromatic heterocycles. The molecule has 1 amide bonds. The molecule has 0 aliphatic heterocycles. The third-order valence-electron chi connectivity index (χ3n) is 6.01. The van der Waals surface area contributed by atoms with Gasteiger partial charge in [0.2, 0.25) is 5.91 Å². The summed E-state index contributed by atoms with van der Waals surface area (Å²) in [5, 5.41) is 8.68. The van der Waals surface area contributed by atoms with Crippen molar-refractivity contribution >= 4 is 28.4 Å². The summed E-state index contributed by atoms with van der Waals surface area (Å²) in [6.45, 7) is 9.63. The summed E-state index contributed by atoms with van der Waals surface area (Å²) in [4.78, 5) is 29.1. The van der Waals surface area contributed by atoms with Gasteiger partial charge in [-0.2, -0.15) is 5.10 Å². The first-order valence-corrected chi connectivity index (χ1v) is 11.1. The van der Waals surface area contributed by atoms with Crippen LogP contribution < -0.4 is 5.32 Å². The first kappa shape index (κ1) is 22.4. The van der Waals surface area contributed by atoms with Crippen LogP contribution in [-0.2, 0) is 11.2 Å². The Morgan fingerprint density at radius 3 is 2.39 bits per heavy atom. The second-order valence-electron chi connectivity index (χ2n) is 8.52. The van der Waals surface area contributed by atoms with Crippen molar-refractivity contribution in [1.82, 2.24) is 14.8 Å². The number of rotatable bonds is 6. The van der Waals surface area contributed by atoms with Crippen LogP contribution in [0.1, 0.15) is 51.8 Å². The van der Waals surface area contributed by atoms with Gasteiger partial charge in [-0.05, 0) is 76.4 Å². The van der Waals surface area contributed by atoms with Crippen LogP contribution in [0.4, 0.5) is 5.69 Å². The van der Waals surface area contributed by atoms with E-state index >= 15 is 0 Å². The van der Waals surface area contributed by atoms with E-state index in [0.717, 1.165) is 39.2 Å². The van der Waals surface area contributed by atoms with Crippen LogP contribution in [0.5, 0.6) is 0 Å². The van der Waals surface area contributed by atoms with Crippen LogP contribution in [0.15, 0.2) is 48.5 Å². The van der Waals surface area contributed by atoms with Crippen molar-refractivity contribution in [2.24, 2.45) is 0 Å². The molecule has 4 aromatic rings. The quantitative estimate of drug-likeness (QED) is 0.406. The Labute approximate surface area is 193 Å². The van der Waals surface area contributed by atoms with Crippen molar-refractivity contribution in [3.63, 3.8) is 0 Å². The van der Waals surface area contributed by atoms with Crippen molar-refractivity contribution in [2.75, 3.05) is 5.32 Å². The molecule has 0 aliphatic carbocycles. The monoisotopic (exact) mass is 440 g/mol. The first-order chi connectivity index (χ1) is 15.7. The maximum absolute atomic E-state index is 12.6. The summed E-state index contributed by atoms with van der Waals surface area (Å²) in [5.74, 6) is -0.125. The topological polar surface area (TPSA) is 76.9 Å². The smallest absolute Gasteiger partial charge is 0.224 e. The Hall–Kier alpha value is -3.80. The number of Topliss-reactive ketones (excluding diaryl/α,β-unsaturated/α-hetero) is 1. The van der Waals surface area contributed by atoms with Gasteiger partial charge in [-0.15, -0.1) is 0 Å². The van der Waals surface area contributed by atoms with E-state index < -0.39 is 0 Å². The molecule has 33 heavy (non-hydrogen) atoms.